The van der Waals surface area contributed by atoms with Gasteiger partial charge in [0.15, 0.2) is 11.9 Å². The molecular formula is C17H21N2O+. The average molecular weight is 269 g/mol. The number of aromatic nitrogens is 1. The lowest BCUT2D eigenvalue weighted by atomic mass is 10.0. The summed E-state index contributed by atoms with van der Waals surface area (Å²) in [5.74, 6) is 0. The topological polar surface area (TPSA) is 33.0 Å². The summed E-state index contributed by atoms with van der Waals surface area (Å²) in [5, 5.41) is 2.91. The van der Waals surface area contributed by atoms with Crippen LogP contribution in [0.15, 0.2) is 48.7 Å². The van der Waals surface area contributed by atoms with E-state index in [0.29, 0.717) is 0 Å². The summed E-state index contributed by atoms with van der Waals surface area (Å²) in [6, 6.07) is 14.4. The number of nitrogens with one attached hydrogen (secondary N) is 1. The van der Waals surface area contributed by atoms with E-state index in [4.69, 9.17) is 0 Å². The second-order valence-corrected chi connectivity index (χ2v) is 4.95. The van der Waals surface area contributed by atoms with Crippen LogP contribution in [0.25, 0.3) is 0 Å². The molecule has 2 aromatic rings. The van der Waals surface area contributed by atoms with Crippen molar-refractivity contribution >= 4 is 6.41 Å². The number of benzene rings is 1. The zero-order chi connectivity index (χ0) is 14.4. The SMILES string of the molecule is CCc1ccc(CC(NC=O)c2ccccc2)[n+](C)c1. The van der Waals surface area contributed by atoms with Crippen LogP contribution < -0.4 is 9.88 Å². The van der Waals surface area contributed by atoms with Crippen LogP contribution in [0.5, 0.6) is 0 Å². The maximum atomic E-state index is 10.8. The number of amides is 1. The highest BCUT2D eigenvalue weighted by Gasteiger charge is 2.16. The fraction of sp³-hybridized carbons (Fsp3) is 0.294. The first-order chi connectivity index (χ1) is 9.74. The van der Waals surface area contributed by atoms with Crippen molar-refractivity contribution in [1.82, 2.24) is 5.32 Å². The molecule has 0 radical (unpaired) electrons. The molecule has 0 bridgehead atoms. The van der Waals surface area contributed by atoms with Gasteiger partial charge in [0.1, 0.15) is 7.05 Å². The lowest BCUT2D eigenvalue weighted by Gasteiger charge is -2.15. The molecule has 20 heavy (non-hydrogen) atoms. The molecule has 1 amide bonds. The fourth-order valence-electron chi connectivity index (χ4n) is 2.37. The van der Waals surface area contributed by atoms with Crippen molar-refractivity contribution in [3.63, 3.8) is 0 Å². The molecule has 3 nitrogen and oxygen atoms in total. The number of aryl methyl sites for hydroxylation is 2. The summed E-state index contributed by atoms with van der Waals surface area (Å²) in [7, 11) is 2.05. The van der Waals surface area contributed by atoms with Crippen molar-refractivity contribution in [1.29, 1.82) is 0 Å². The predicted molar refractivity (Wildman–Crippen MR) is 79.1 cm³/mol. The Hall–Kier alpha value is -2.16. The molecular weight excluding hydrogens is 248 g/mol. The Labute approximate surface area is 120 Å². The highest BCUT2D eigenvalue weighted by Crippen LogP contribution is 2.16. The van der Waals surface area contributed by atoms with E-state index >= 15 is 0 Å². The van der Waals surface area contributed by atoms with Crippen molar-refractivity contribution in [3.05, 3.63) is 65.5 Å². The van der Waals surface area contributed by atoms with Gasteiger partial charge < -0.3 is 5.32 Å². The van der Waals surface area contributed by atoms with Crippen LogP contribution in [-0.4, -0.2) is 6.41 Å². The molecule has 2 rings (SSSR count). The van der Waals surface area contributed by atoms with Crippen molar-refractivity contribution in [2.24, 2.45) is 7.05 Å². The molecule has 1 unspecified atom stereocenters. The lowest BCUT2D eigenvalue weighted by Crippen LogP contribution is -2.36. The quantitative estimate of drug-likeness (QED) is 0.632. The standard InChI is InChI=1S/C17H20N2O/c1-3-14-9-10-16(19(2)12-14)11-17(18-13-20)15-7-5-4-6-8-15/h4-10,12-13,17H,3,11H2,1-2H3/p+1. The van der Waals surface area contributed by atoms with Crippen LogP contribution in [0.1, 0.15) is 29.8 Å². The van der Waals surface area contributed by atoms with Crippen molar-refractivity contribution in [2.45, 2.75) is 25.8 Å². The first-order valence-corrected chi connectivity index (χ1v) is 6.96. The molecule has 1 heterocycles. The van der Waals surface area contributed by atoms with Gasteiger partial charge >= 0.3 is 0 Å². The first-order valence-electron chi connectivity index (χ1n) is 6.96. The average Bonchev–Trinajstić information content (AvgIpc) is 2.49. The Balaban J connectivity index is 2.22. The van der Waals surface area contributed by atoms with E-state index in [1.165, 1.54) is 11.3 Å². The van der Waals surface area contributed by atoms with Crippen LogP contribution >= 0.6 is 0 Å². The Bertz CT molecular complexity index is 566. The maximum absolute atomic E-state index is 10.8. The molecule has 0 saturated carbocycles. The molecule has 1 N–H and O–H groups in total. The van der Waals surface area contributed by atoms with Crippen molar-refractivity contribution < 1.29 is 9.36 Å². The number of hydrogen-bond donors (Lipinski definition) is 1. The van der Waals surface area contributed by atoms with Gasteiger partial charge in [-0.2, -0.15) is 0 Å². The van der Waals surface area contributed by atoms with Crippen LogP contribution in [-0.2, 0) is 24.7 Å². The number of nitrogens with zero attached hydrogens (tertiary/aromatic N) is 1. The molecule has 1 aromatic heterocycles. The minimum atomic E-state index is 0.00683. The third-order valence-corrected chi connectivity index (χ3v) is 3.59. The van der Waals surface area contributed by atoms with Gasteiger partial charge in [0.2, 0.25) is 6.41 Å². The van der Waals surface area contributed by atoms with Crippen LogP contribution in [0.2, 0.25) is 0 Å². The summed E-state index contributed by atoms with van der Waals surface area (Å²) in [5.41, 5.74) is 3.64. The molecule has 3 heteroatoms. The third kappa shape index (κ3) is 3.44. The summed E-state index contributed by atoms with van der Waals surface area (Å²) >= 11 is 0. The minimum absolute atomic E-state index is 0.00683. The maximum Gasteiger partial charge on any atom is 0.207 e. The van der Waals surface area contributed by atoms with Crippen LogP contribution in [0.3, 0.4) is 0 Å². The van der Waals surface area contributed by atoms with Gasteiger partial charge in [0.05, 0.1) is 12.5 Å². The number of carbonyl (C=O) groups is 1. The van der Waals surface area contributed by atoms with E-state index in [0.717, 1.165) is 24.8 Å². The zero-order valence-electron chi connectivity index (χ0n) is 12.0. The van der Waals surface area contributed by atoms with Gasteiger partial charge in [-0.3, -0.25) is 4.79 Å². The second-order valence-electron chi connectivity index (χ2n) is 4.95. The summed E-state index contributed by atoms with van der Waals surface area (Å²) < 4.78 is 2.14. The first kappa shape index (κ1) is 14.3. The van der Waals surface area contributed by atoms with Gasteiger partial charge in [-0.25, -0.2) is 4.57 Å². The normalized spacial score (nSPS) is 11.9. The molecule has 1 aromatic carbocycles. The summed E-state index contributed by atoms with van der Waals surface area (Å²) in [4.78, 5) is 10.8. The van der Waals surface area contributed by atoms with E-state index in [-0.39, 0.29) is 6.04 Å². The van der Waals surface area contributed by atoms with E-state index in [1.807, 2.05) is 30.3 Å². The fourth-order valence-corrected chi connectivity index (χ4v) is 2.37. The van der Waals surface area contributed by atoms with Crippen molar-refractivity contribution in [2.75, 3.05) is 0 Å². The zero-order valence-corrected chi connectivity index (χ0v) is 12.0. The van der Waals surface area contributed by atoms with Gasteiger partial charge in [-0.15, -0.1) is 0 Å². The molecule has 0 aliphatic heterocycles. The third-order valence-electron chi connectivity index (χ3n) is 3.59. The van der Waals surface area contributed by atoms with Gasteiger partial charge in [0, 0.05) is 11.6 Å². The minimum Gasteiger partial charge on any atom is -0.351 e. The van der Waals surface area contributed by atoms with Gasteiger partial charge in [-0.05, 0) is 18.1 Å². The molecule has 0 fully saturated rings. The van der Waals surface area contributed by atoms with Gasteiger partial charge in [-0.1, -0.05) is 37.3 Å². The molecule has 104 valence electrons. The largest absolute Gasteiger partial charge is 0.351 e. The molecule has 0 aliphatic carbocycles. The van der Waals surface area contributed by atoms with Gasteiger partial charge in [0.25, 0.3) is 0 Å². The Kier molecular flexibility index (Phi) is 4.88. The summed E-state index contributed by atoms with van der Waals surface area (Å²) in [6.45, 7) is 2.15. The van der Waals surface area contributed by atoms with E-state index in [1.54, 1.807) is 0 Å². The Morgan fingerprint density at radius 3 is 2.55 bits per heavy atom. The number of rotatable bonds is 6. The smallest absolute Gasteiger partial charge is 0.207 e. The molecule has 1 atom stereocenters. The number of hydrogen-bond acceptors (Lipinski definition) is 1. The monoisotopic (exact) mass is 269 g/mol. The van der Waals surface area contributed by atoms with Crippen LogP contribution in [0.4, 0.5) is 0 Å². The number of carbonyl (C=O) groups excluding carboxylic acids is 1. The molecule has 0 aliphatic rings. The van der Waals surface area contributed by atoms with E-state index in [9.17, 15) is 4.79 Å². The second kappa shape index (κ2) is 6.85. The summed E-state index contributed by atoms with van der Waals surface area (Å²) in [6.07, 6.45) is 4.74. The number of pyridine rings is 1. The van der Waals surface area contributed by atoms with E-state index in [2.05, 4.69) is 42.2 Å². The van der Waals surface area contributed by atoms with Crippen LogP contribution in [0, 0.1) is 0 Å². The highest BCUT2D eigenvalue weighted by molar-refractivity contribution is 5.48. The molecule has 0 saturated heterocycles. The Morgan fingerprint density at radius 2 is 1.95 bits per heavy atom. The predicted octanol–water partition coefficient (Wildman–Crippen LogP) is 2.10. The van der Waals surface area contributed by atoms with Crippen molar-refractivity contribution in [3.8, 4) is 0 Å². The lowest BCUT2D eigenvalue weighted by molar-refractivity contribution is -0.679. The highest BCUT2D eigenvalue weighted by atomic mass is 16.1. The molecule has 0 spiro atoms. The Morgan fingerprint density at radius 1 is 1.20 bits per heavy atom. The van der Waals surface area contributed by atoms with E-state index < -0.39 is 0 Å².